The molecule has 0 aromatic heterocycles. The molecule has 3 aromatic rings. The van der Waals surface area contributed by atoms with Crippen molar-refractivity contribution in [3.05, 3.63) is 88.0 Å². The van der Waals surface area contributed by atoms with Gasteiger partial charge in [0, 0.05) is 11.1 Å². The Labute approximate surface area is 226 Å². The number of benzene rings is 3. The summed E-state index contributed by atoms with van der Waals surface area (Å²) in [5.41, 5.74) is 13.5. The van der Waals surface area contributed by atoms with Gasteiger partial charge in [-0.15, -0.1) is 0 Å². The molecule has 0 spiro atoms. The van der Waals surface area contributed by atoms with Crippen LogP contribution in [0, 0.1) is 0 Å². The van der Waals surface area contributed by atoms with Gasteiger partial charge in [0.15, 0.2) is 0 Å². The number of fused-ring (bicyclic) bond motifs is 2. The first-order valence-electron chi connectivity index (χ1n) is 14.2. The third-order valence-corrected chi connectivity index (χ3v) is 14.4. The van der Waals surface area contributed by atoms with Crippen LogP contribution in [0.1, 0.15) is 86.9 Å². The van der Waals surface area contributed by atoms with Crippen molar-refractivity contribution in [2.75, 3.05) is 7.11 Å². The summed E-state index contributed by atoms with van der Waals surface area (Å²) in [6, 6.07) is 21.2. The van der Waals surface area contributed by atoms with E-state index in [1.54, 1.807) is 22.3 Å². The Morgan fingerprint density at radius 3 is 1.86 bits per heavy atom. The van der Waals surface area contributed by atoms with Gasteiger partial charge < -0.3 is 4.74 Å². The zero-order valence-corrected chi connectivity index (χ0v) is 25.6. The highest BCUT2D eigenvalue weighted by Gasteiger charge is 2.45. The lowest BCUT2D eigenvalue weighted by molar-refractivity contribution is 0.381. The first-order chi connectivity index (χ1) is 17.3. The van der Waals surface area contributed by atoms with Crippen LogP contribution in [0.5, 0.6) is 5.75 Å². The third kappa shape index (κ3) is 4.60. The van der Waals surface area contributed by atoms with E-state index in [0.717, 1.165) is 16.8 Å². The van der Waals surface area contributed by atoms with Gasteiger partial charge in [0.05, 0.1) is 15.2 Å². The van der Waals surface area contributed by atoms with Crippen LogP contribution in [0.15, 0.2) is 54.6 Å². The van der Waals surface area contributed by atoms with E-state index in [0.29, 0.717) is 0 Å². The molecule has 196 valence electrons. The Hall–Kier alpha value is -2.32. The van der Waals surface area contributed by atoms with Crippen molar-refractivity contribution in [2.45, 2.75) is 102 Å². The highest BCUT2D eigenvalue weighted by Crippen LogP contribution is 2.51. The van der Waals surface area contributed by atoms with Gasteiger partial charge in [0.2, 0.25) is 0 Å². The molecule has 2 heteroatoms. The van der Waals surface area contributed by atoms with E-state index in [2.05, 4.69) is 109 Å². The minimum absolute atomic E-state index is 0.00816. The monoisotopic (exact) mass is 510 g/mol. The maximum absolute atomic E-state index is 6.06. The van der Waals surface area contributed by atoms with Gasteiger partial charge in [-0.2, -0.15) is 0 Å². The van der Waals surface area contributed by atoms with Gasteiger partial charge >= 0.3 is 0 Å². The van der Waals surface area contributed by atoms with Crippen molar-refractivity contribution in [2.24, 2.45) is 0 Å². The normalized spacial score (nSPS) is 18.1. The molecule has 5 rings (SSSR count). The fourth-order valence-corrected chi connectivity index (χ4v) is 11.2. The molecule has 0 saturated heterocycles. The first-order valence-corrected chi connectivity index (χ1v) is 17.4. The fraction of sp³-hybridized carbons (Fsp3) is 0.486. The second-order valence-electron chi connectivity index (χ2n) is 14.3. The fourth-order valence-electron chi connectivity index (χ4n) is 7.19. The molecular weight excluding hydrogens is 464 g/mol. The molecule has 0 aliphatic heterocycles. The standard InChI is InChI=1S/C35H46OSi/c1-34(2,3)30-21-25(22-31(33(30)36-7)35(4,5)6)27-15-12-16-29-28(27)17-18-32(29)37(8,9)26-19-23-13-10-11-14-24(23)20-26/h10-16,21-22,26,32H,17-20H2,1-9H3. The lowest BCUT2D eigenvalue weighted by Gasteiger charge is -2.36. The Morgan fingerprint density at radius 1 is 0.784 bits per heavy atom. The predicted molar refractivity (Wildman–Crippen MR) is 162 cm³/mol. The van der Waals surface area contributed by atoms with Crippen LogP contribution in [0.3, 0.4) is 0 Å². The van der Waals surface area contributed by atoms with Crippen molar-refractivity contribution >= 4 is 8.07 Å². The minimum atomic E-state index is -1.53. The highest BCUT2D eigenvalue weighted by atomic mass is 28.3. The van der Waals surface area contributed by atoms with E-state index in [4.69, 9.17) is 4.74 Å². The molecule has 2 aliphatic carbocycles. The third-order valence-electron chi connectivity index (χ3n) is 9.49. The summed E-state index contributed by atoms with van der Waals surface area (Å²) in [6.07, 6.45) is 5.08. The molecular formula is C35H46OSi. The molecule has 0 fully saturated rings. The average Bonchev–Trinajstić information content (AvgIpc) is 3.47. The summed E-state index contributed by atoms with van der Waals surface area (Å²) in [5.74, 6) is 1.06. The zero-order valence-electron chi connectivity index (χ0n) is 24.6. The number of rotatable bonds is 4. The molecule has 0 bridgehead atoms. The second-order valence-corrected chi connectivity index (χ2v) is 19.4. The van der Waals surface area contributed by atoms with Gasteiger partial charge in [0.1, 0.15) is 5.75 Å². The minimum Gasteiger partial charge on any atom is -0.496 e. The van der Waals surface area contributed by atoms with Gasteiger partial charge in [-0.25, -0.2) is 0 Å². The van der Waals surface area contributed by atoms with E-state index in [9.17, 15) is 0 Å². The van der Waals surface area contributed by atoms with Crippen LogP contribution >= 0.6 is 0 Å². The number of methoxy groups -OCH3 is 1. The molecule has 2 aliphatic rings. The summed E-state index contributed by atoms with van der Waals surface area (Å²) in [5, 5.41) is 0. The summed E-state index contributed by atoms with van der Waals surface area (Å²) >= 11 is 0. The lowest BCUT2D eigenvalue weighted by Crippen LogP contribution is -2.40. The molecule has 0 heterocycles. The first kappa shape index (κ1) is 26.3. The van der Waals surface area contributed by atoms with E-state index in [1.807, 2.05) is 7.11 Å². The summed E-state index contributed by atoms with van der Waals surface area (Å²) < 4.78 is 6.06. The van der Waals surface area contributed by atoms with E-state index in [1.165, 1.54) is 47.9 Å². The smallest absolute Gasteiger partial charge is 0.126 e. The van der Waals surface area contributed by atoms with E-state index < -0.39 is 8.07 Å². The van der Waals surface area contributed by atoms with Crippen molar-refractivity contribution < 1.29 is 4.74 Å². The number of hydrogen-bond donors (Lipinski definition) is 0. The predicted octanol–water partition coefficient (Wildman–Crippen LogP) is 9.40. The van der Waals surface area contributed by atoms with Crippen LogP contribution in [0.25, 0.3) is 11.1 Å². The molecule has 0 radical (unpaired) electrons. The van der Waals surface area contributed by atoms with Crippen molar-refractivity contribution in [3.63, 3.8) is 0 Å². The maximum atomic E-state index is 6.06. The van der Waals surface area contributed by atoms with E-state index >= 15 is 0 Å². The lowest BCUT2D eigenvalue weighted by atomic mass is 9.77. The Balaban J connectivity index is 1.58. The van der Waals surface area contributed by atoms with Crippen LogP contribution in [0.4, 0.5) is 0 Å². The summed E-state index contributed by atoms with van der Waals surface area (Å²) in [7, 11) is 0.305. The second kappa shape index (κ2) is 9.15. The average molecular weight is 511 g/mol. The van der Waals surface area contributed by atoms with Crippen LogP contribution < -0.4 is 4.74 Å². The largest absolute Gasteiger partial charge is 0.496 e. The molecule has 0 amide bonds. The molecule has 1 unspecified atom stereocenters. The zero-order chi connectivity index (χ0) is 26.8. The van der Waals surface area contributed by atoms with Crippen LogP contribution in [0.2, 0.25) is 18.6 Å². The van der Waals surface area contributed by atoms with E-state index in [-0.39, 0.29) is 10.8 Å². The molecule has 1 atom stereocenters. The Kier molecular flexibility index (Phi) is 6.50. The van der Waals surface area contributed by atoms with Gasteiger partial charge in [-0.3, -0.25) is 0 Å². The highest BCUT2D eigenvalue weighted by molar-refractivity contribution is 6.80. The molecule has 1 nitrogen and oxygen atoms in total. The molecule has 3 aromatic carbocycles. The van der Waals surface area contributed by atoms with Gasteiger partial charge in [-0.05, 0) is 93.1 Å². The SMILES string of the molecule is COc1c(C(C)(C)C)cc(-c2cccc3c2CCC3[Si](C)(C)C2Cc3ccccc3C2)cc1C(C)(C)C. The van der Waals surface area contributed by atoms with Crippen molar-refractivity contribution in [1.82, 2.24) is 0 Å². The van der Waals surface area contributed by atoms with Crippen LogP contribution in [-0.4, -0.2) is 15.2 Å². The molecule has 0 N–H and O–H groups in total. The Morgan fingerprint density at radius 2 is 1.35 bits per heavy atom. The van der Waals surface area contributed by atoms with Crippen molar-refractivity contribution in [1.29, 1.82) is 0 Å². The topological polar surface area (TPSA) is 9.23 Å². The summed E-state index contributed by atoms with van der Waals surface area (Å²) in [6.45, 7) is 19.2. The maximum Gasteiger partial charge on any atom is 0.126 e. The van der Waals surface area contributed by atoms with Gasteiger partial charge in [0.25, 0.3) is 0 Å². The number of ether oxygens (including phenoxy) is 1. The molecule has 0 saturated carbocycles. The molecule has 37 heavy (non-hydrogen) atoms. The van der Waals surface area contributed by atoms with Crippen LogP contribution in [-0.2, 0) is 30.1 Å². The number of hydrogen-bond acceptors (Lipinski definition) is 1. The Bertz CT molecular complexity index is 1260. The van der Waals surface area contributed by atoms with Crippen molar-refractivity contribution in [3.8, 4) is 16.9 Å². The quantitative estimate of drug-likeness (QED) is 0.318. The summed E-state index contributed by atoms with van der Waals surface area (Å²) in [4.78, 5) is 0. The van der Waals surface area contributed by atoms with Gasteiger partial charge in [-0.1, -0.05) is 97.1 Å².